The van der Waals surface area contributed by atoms with Crippen LogP contribution in [0.4, 0.5) is 127 Å². The number of methoxy groups -OCH3 is 3. The molecule has 9 nitrogen and oxygen atoms in total. The van der Waals surface area contributed by atoms with Gasteiger partial charge in [0.1, 0.15) is 0 Å². The zero-order valence-electron chi connectivity index (χ0n) is 35.0. The van der Waals surface area contributed by atoms with E-state index in [0.717, 1.165) is 21.3 Å². The number of halogens is 29. The van der Waals surface area contributed by atoms with Crippen molar-refractivity contribution in [1.29, 1.82) is 0 Å². The van der Waals surface area contributed by atoms with E-state index in [-0.39, 0.29) is 39.6 Å². The van der Waals surface area contributed by atoms with Crippen LogP contribution in [0, 0.1) is 0 Å². The van der Waals surface area contributed by atoms with E-state index in [1.165, 1.54) is 0 Å². The molecule has 0 fully saturated rings. The Morgan fingerprint density at radius 2 is 0.457 bits per heavy atom. The maximum atomic E-state index is 15.1. The summed E-state index contributed by atoms with van der Waals surface area (Å²) in [5, 5.41) is 0. The molecule has 0 heterocycles. The second kappa shape index (κ2) is 23.6. The van der Waals surface area contributed by atoms with Crippen LogP contribution in [0.25, 0.3) is 0 Å². The van der Waals surface area contributed by atoms with Crippen LogP contribution in [0.2, 0.25) is 6.04 Å². The van der Waals surface area contributed by atoms with Crippen LogP contribution in [0.3, 0.4) is 0 Å². The highest BCUT2D eigenvalue weighted by atomic mass is 28.4. The van der Waals surface area contributed by atoms with Gasteiger partial charge in [0.15, 0.2) is 0 Å². The summed E-state index contributed by atoms with van der Waals surface area (Å²) in [6.07, 6.45) is -11.5. The number of hydrogen-bond donors (Lipinski definition) is 0. The zero-order valence-corrected chi connectivity index (χ0v) is 36.0. The van der Waals surface area contributed by atoms with Gasteiger partial charge in [-0.2, -0.15) is 127 Å². The predicted molar refractivity (Wildman–Crippen MR) is 171 cm³/mol. The van der Waals surface area contributed by atoms with Crippen molar-refractivity contribution >= 4 is 8.80 Å². The quantitative estimate of drug-likeness (QED) is 0.0346. The van der Waals surface area contributed by atoms with Gasteiger partial charge in [-0.1, -0.05) is 0 Å². The molecule has 0 aliphatic rings. The van der Waals surface area contributed by atoms with Gasteiger partial charge in [-0.3, -0.25) is 0 Å². The lowest BCUT2D eigenvalue weighted by Crippen LogP contribution is -2.79. The van der Waals surface area contributed by atoms with E-state index in [1.54, 1.807) is 0 Å². The molecule has 0 spiro atoms. The molecule has 39 heteroatoms. The minimum absolute atomic E-state index is 0.140. The minimum atomic E-state index is -10.0. The highest BCUT2D eigenvalue weighted by molar-refractivity contribution is 6.60. The molecule has 0 saturated heterocycles. The van der Waals surface area contributed by atoms with Crippen molar-refractivity contribution in [3.63, 3.8) is 0 Å². The van der Waals surface area contributed by atoms with E-state index >= 15 is 8.78 Å². The maximum absolute atomic E-state index is 15.1. The molecule has 0 rings (SSSR count). The van der Waals surface area contributed by atoms with Crippen LogP contribution >= 0.6 is 0 Å². The number of hydrogen-bond acceptors (Lipinski definition) is 9. The smallest absolute Gasteiger partial charge is 0.382 e. The van der Waals surface area contributed by atoms with E-state index < -0.39 is 144 Å². The summed E-state index contributed by atoms with van der Waals surface area (Å²) >= 11 is 0. The Morgan fingerprint density at radius 1 is 0.257 bits per heavy atom. The van der Waals surface area contributed by atoms with E-state index in [0.29, 0.717) is 0 Å². The summed E-state index contributed by atoms with van der Waals surface area (Å²) < 4.78 is 452. The molecular weight excluding hydrogens is 1100 g/mol. The van der Waals surface area contributed by atoms with Gasteiger partial charge in [-0.25, -0.2) is 0 Å². The van der Waals surface area contributed by atoms with Crippen molar-refractivity contribution in [2.75, 3.05) is 101 Å². The summed E-state index contributed by atoms with van der Waals surface area (Å²) in [4.78, 5) is 0. The van der Waals surface area contributed by atoms with Gasteiger partial charge in [0.05, 0.1) is 79.3 Å². The average Bonchev–Trinajstić information content (AvgIpc) is 3.22. The van der Waals surface area contributed by atoms with Gasteiger partial charge in [0.25, 0.3) is 0 Å². The Kier molecular flexibility index (Phi) is 22.8. The van der Waals surface area contributed by atoms with Crippen LogP contribution in [0.1, 0.15) is 6.42 Å². The van der Waals surface area contributed by atoms with Crippen molar-refractivity contribution in [1.82, 2.24) is 0 Å². The molecule has 0 N–H and O–H groups in total. The van der Waals surface area contributed by atoms with E-state index in [1.807, 2.05) is 0 Å². The summed E-state index contributed by atoms with van der Waals surface area (Å²) in [5.41, 5.74) is 0. The van der Waals surface area contributed by atoms with Crippen molar-refractivity contribution < 1.29 is 169 Å². The molecule has 0 aromatic heterocycles. The Morgan fingerprint density at radius 3 is 0.671 bits per heavy atom. The Bertz CT molecular complexity index is 1540. The van der Waals surface area contributed by atoms with Gasteiger partial charge in [-0.15, -0.1) is 0 Å². The van der Waals surface area contributed by atoms with E-state index in [2.05, 4.69) is 14.2 Å². The van der Waals surface area contributed by atoms with Crippen LogP contribution < -0.4 is 0 Å². The molecule has 0 aliphatic carbocycles. The molecule has 0 bridgehead atoms. The molecule has 0 aromatic rings. The summed E-state index contributed by atoms with van der Waals surface area (Å²) in [6.45, 7) is -5.93. The SMILES string of the molecule is COCCOCCO[Si](CCC(F)(F)C(F)(F)C(F)(F)C(F)(F)C(F)(F)C(F)(F)C(F)(F)C(F)(F)C(F)(F)C(F)(F)C(F)(F)C(F)(F)C(F)(F)C(F)(F)F)(OCCOCCOC)OCCOCCOC. The molecule has 0 aromatic carbocycles. The molecule has 0 saturated carbocycles. The molecule has 0 radical (unpaired) electrons. The van der Waals surface area contributed by atoms with Crippen molar-refractivity contribution in [3.05, 3.63) is 0 Å². The van der Waals surface area contributed by atoms with Gasteiger partial charge in [0.2, 0.25) is 0 Å². The molecular formula is C31H37F29O9Si. The monoisotopic (exact) mass is 1130 g/mol. The number of rotatable bonds is 36. The van der Waals surface area contributed by atoms with Crippen molar-refractivity contribution in [3.8, 4) is 0 Å². The van der Waals surface area contributed by atoms with E-state index in [9.17, 15) is 119 Å². The first-order valence-electron chi connectivity index (χ1n) is 18.2. The fourth-order valence-corrected chi connectivity index (χ4v) is 7.18. The average molecular weight is 1130 g/mol. The zero-order chi connectivity index (χ0) is 55.8. The van der Waals surface area contributed by atoms with Gasteiger partial charge in [0, 0.05) is 33.8 Å². The minimum Gasteiger partial charge on any atom is -0.382 e. The highest BCUT2D eigenvalue weighted by Crippen LogP contribution is 2.69. The third-order valence-corrected chi connectivity index (χ3v) is 11.6. The normalized spacial score (nSPS) is 15.6. The first-order chi connectivity index (χ1) is 31.1. The van der Waals surface area contributed by atoms with Crippen LogP contribution in [-0.4, -0.2) is 193 Å². The standard InChI is InChI=1S/C31H37F29O9Si/c1-61-5-8-64-11-14-67-70(68-15-12-65-9-6-62-2,69-16-13-66-10-7-63-3)17-4-18(32,33)19(34,35)20(36,37)21(38,39)22(40,41)23(42,43)24(44,45)25(46,47)26(48,49)27(50,51)28(52,53)29(54,55)30(56,57)31(58,59)60/h4-17H2,1-3H3. The Hall–Kier alpha value is -2.17. The summed E-state index contributed by atoms with van der Waals surface area (Å²) in [7, 11) is -1.86. The van der Waals surface area contributed by atoms with Crippen LogP contribution in [-0.2, 0) is 41.7 Å². The highest BCUT2D eigenvalue weighted by Gasteiger charge is 3.01. The molecule has 0 aliphatic heterocycles. The molecule has 70 heavy (non-hydrogen) atoms. The molecule has 422 valence electrons. The Balaban J connectivity index is 7.40. The third-order valence-electron chi connectivity index (χ3n) is 8.84. The lowest BCUT2D eigenvalue weighted by atomic mass is 9.83. The largest absolute Gasteiger partial charge is 0.501 e. The first kappa shape index (κ1) is 67.8. The molecule has 0 amide bonds. The molecule has 0 unspecified atom stereocenters. The number of alkyl halides is 29. The van der Waals surface area contributed by atoms with E-state index in [4.69, 9.17) is 27.5 Å². The van der Waals surface area contributed by atoms with Crippen LogP contribution in [0.15, 0.2) is 0 Å². The predicted octanol–water partition coefficient (Wildman–Crippen LogP) is 10.2. The summed E-state index contributed by atoms with van der Waals surface area (Å²) in [5.74, 6) is -122. The van der Waals surface area contributed by atoms with Gasteiger partial charge >= 0.3 is 92.0 Å². The van der Waals surface area contributed by atoms with Gasteiger partial charge in [-0.05, 0) is 0 Å². The van der Waals surface area contributed by atoms with Crippen molar-refractivity contribution in [2.45, 2.75) is 95.6 Å². The maximum Gasteiger partial charge on any atom is 0.501 e. The Labute approximate surface area is 374 Å². The fourth-order valence-electron chi connectivity index (χ4n) is 4.69. The topological polar surface area (TPSA) is 83.1 Å². The fraction of sp³-hybridized carbons (Fsp3) is 1.00. The molecule has 0 atom stereocenters. The second-order valence-corrected chi connectivity index (χ2v) is 16.4. The third kappa shape index (κ3) is 12.5. The number of ether oxygens (including phenoxy) is 6. The van der Waals surface area contributed by atoms with Crippen molar-refractivity contribution in [2.24, 2.45) is 0 Å². The van der Waals surface area contributed by atoms with Crippen LogP contribution in [0.5, 0.6) is 0 Å². The summed E-state index contributed by atoms with van der Waals surface area (Å²) in [6, 6.07) is -2.11. The lowest BCUT2D eigenvalue weighted by Gasteiger charge is -2.46. The first-order valence-corrected chi connectivity index (χ1v) is 20.2. The second-order valence-electron chi connectivity index (χ2n) is 13.6. The van der Waals surface area contributed by atoms with Gasteiger partial charge < -0.3 is 41.7 Å². The lowest BCUT2D eigenvalue weighted by molar-refractivity contribution is -0.487.